The molecule has 0 N–H and O–H groups in total. The summed E-state index contributed by atoms with van der Waals surface area (Å²) in [6.45, 7) is 2.62. The summed E-state index contributed by atoms with van der Waals surface area (Å²) in [6, 6.07) is 20.0. The van der Waals surface area contributed by atoms with Gasteiger partial charge in [0.1, 0.15) is 6.61 Å². The SMILES string of the molecule is CCCCC#C/C(=N\OCc1ccccc1)c1ccccc1. The number of rotatable bonds is 6. The highest BCUT2D eigenvalue weighted by Crippen LogP contribution is 2.05. The van der Waals surface area contributed by atoms with Gasteiger partial charge in [-0.2, -0.15) is 0 Å². The van der Waals surface area contributed by atoms with E-state index in [1.165, 1.54) is 0 Å². The van der Waals surface area contributed by atoms with E-state index in [2.05, 4.69) is 23.9 Å². The van der Waals surface area contributed by atoms with Crippen molar-refractivity contribution >= 4 is 5.71 Å². The summed E-state index contributed by atoms with van der Waals surface area (Å²) in [4.78, 5) is 5.48. The smallest absolute Gasteiger partial charge is 0.159 e. The predicted octanol–water partition coefficient (Wildman–Crippen LogP) is 4.80. The summed E-state index contributed by atoms with van der Waals surface area (Å²) in [5, 5.41) is 4.23. The van der Waals surface area contributed by atoms with Crippen molar-refractivity contribution in [2.45, 2.75) is 32.8 Å². The molecule has 0 saturated carbocycles. The minimum absolute atomic E-state index is 0.452. The molecule has 2 rings (SSSR count). The molecule has 0 aromatic heterocycles. The first kappa shape index (κ1) is 15.9. The number of nitrogens with zero attached hydrogens (tertiary/aromatic N) is 1. The van der Waals surface area contributed by atoms with Crippen molar-refractivity contribution in [2.24, 2.45) is 5.16 Å². The Morgan fingerprint density at radius 3 is 2.36 bits per heavy atom. The van der Waals surface area contributed by atoms with Gasteiger partial charge in [-0.05, 0) is 17.9 Å². The second kappa shape index (κ2) is 9.41. The molecule has 2 aromatic rings. The lowest BCUT2D eigenvalue weighted by Gasteiger charge is -2.02. The van der Waals surface area contributed by atoms with Crippen LogP contribution in [-0.2, 0) is 11.4 Å². The first-order chi connectivity index (χ1) is 10.9. The van der Waals surface area contributed by atoms with E-state index >= 15 is 0 Å². The summed E-state index contributed by atoms with van der Waals surface area (Å²) in [6.07, 6.45) is 3.15. The predicted molar refractivity (Wildman–Crippen MR) is 91.5 cm³/mol. The highest BCUT2D eigenvalue weighted by molar-refractivity contribution is 6.12. The fraction of sp³-hybridized carbons (Fsp3) is 0.250. The van der Waals surface area contributed by atoms with Crippen molar-refractivity contribution in [1.29, 1.82) is 0 Å². The molecular weight excluding hydrogens is 270 g/mol. The molecule has 0 bridgehead atoms. The van der Waals surface area contributed by atoms with Crippen molar-refractivity contribution < 1.29 is 4.84 Å². The zero-order valence-corrected chi connectivity index (χ0v) is 13.0. The second-order valence-electron chi connectivity index (χ2n) is 4.97. The third kappa shape index (κ3) is 5.46. The average Bonchev–Trinajstić information content (AvgIpc) is 2.59. The minimum atomic E-state index is 0.452. The summed E-state index contributed by atoms with van der Waals surface area (Å²) in [5.41, 5.74) is 2.77. The van der Waals surface area contributed by atoms with Crippen LogP contribution in [0.2, 0.25) is 0 Å². The third-order valence-corrected chi connectivity index (χ3v) is 3.14. The monoisotopic (exact) mass is 291 g/mol. The van der Waals surface area contributed by atoms with Gasteiger partial charge in [-0.25, -0.2) is 0 Å². The van der Waals surface area contributed by atoms with Crippen molar-refractivity contribution in [3.8, 4) is 11.8 Å². The van der Waals surface area contributed by atoms with Crippen molar-refractivity contribution in [2.75, 3.05) is 0 Å². The van der Waals surface area contributed by atoms with Crippen LogP contribution >= 0.6 is 0 Å². The average molecular weight is 291 g/mol. The van der Waals surface area contributed by atoms with Gasteiger partial charge in [0, 0.05) is 12.0 Å². The summed E-state index contributed by atoms with van der Waals surface area (Å²) in [5.74, 6) is 6.30. The molecule has 2 heteroatoms. The second-order valence-corrected chi connectivity index (χ2v) is 4.97. The fourth-order valence-electron chi connectivity index (χ4n) is 1.90. The molecule has 2 nitrogen and oxygen atoms in total. The van der Waals surface area contributed by atoms with Crippen LogP contribution in [0, 0.1) is 11.8 Å². The van der Waals surface area contributed by atoms with Crippen LogP contribution in [0.15, 0.2) is 65.8 Å². The van der Waals surface area contributed by atoms with Gasteiger partial charge in [-0.1, -0.05) is 85.1 Å². The van der Waals surface area contributed by atoms with Gasteiger partial charge in [0.25, 0.3) is 0 Å². The molecule has 0 saturated heterocycles. The Morgan fingerprint density at radius 1 is 1.00 bits per heavy atom. The van der Waals surface area contributed by atoms with E-state index in [1.54, 1.807) is 0 Å². The number of unbranched alkanes of at least 4 members (excludes halogenated alkanes) is 2. The summed E-state index contributed by atoms with van der Waals surface area (Å²) < 4.78 is 0. The molecule has 0 radical (unpaired) electrons. The molecule has 0 amide bonds. The highest BCUT2D eigenvalue weighted by Gasteiger charge is 2.00. The van der Waals surface area contributed by atoms with E-state index in [4.69, 9.17) is 4.84 Å². The zero-order valence-electron chi connectivity index (χ0n) is 13.0. The summed E-state index contributed by atoms with van der Waals surface area (Å²) in [7, 11) is 0. The van der Waals surface area contributed by atoms with E-state index in [0.717, 1.165) is 30.4 Å². The Kier molecular flexibility index (Phi) is 6.78. The molecule has 0 aliphatic heterocycles. The molecular formula is C20H21NO. The molecule has 0 unspecified atom stereocenters. The van der Waals surface area contributed by atoms with E-state index in [9.17, 15) is 0 Å². The summed E-state index contributed by atoms with van der Waals surface area (Å²) >= 11 is 0. The maximum absolute atomic E-state index is 5.48. The van der Waals surface area contributed by atoms with E-state index in [0.29, 0.717) is 12.3 Å². The number of oxime groups is 1. The Bertz CT molecular complexity index is 636. The molecule has 0 aliphatic carbocycles. The van der Waals surface area contributed by atoms with Crippen molar-refractivity contribution in [3.05, 3.63) is 71.8 Å². The normalized spacial score (nSPS) is 10.7. The van der Waals surface area contributed by atoms with E-state index in [1.807, 2.05) is 60.7 Å². The largest absolute Gasteiger partial charge is 0.390 e. The minimum Gasteiger partial charge on any atom is -0.390 e. The number of hydrogen-bond acceptors (Lipinski definition) is 2. The zero-order chi connectivity index (χ0) is 15.5. The Balaban J connectivity index is 2.06. The van der Waals surface area contributed by atoms with Gasteiger partial charge in [-0.15, -0.1) is 0 Å². The highest BCUT2D eigenvalue weighted by atomic mass is 16.6. The maximum Gasteiger partial charge on any atom is 0.159 e. The van der Waals surface area contributed by atoms with Crippen molar-refractivity contribution in [1.82, 2.24) is 0 Å². The molecule has 22 heavy (non-hydrogen) atoms. The quantitative estimate of drug-likeness (QED) is 0.324. The topological polar surface area (TPSA) is 21.6 Å². The molecule has 112 valence electrons. The maximum atomic E-state index is 5.48. The van der Waals surface area contributed by atoms with Crippen LogP contribution in [0.3, 0.4) is 0 Å². The number of benzene rings is 2. The fourth-order valence-corrected chi connectivity index (χ4v) is 1.90. The van der Waals surface area contributed by atoms with Gasteiger partial charge >= 0.3 is 0 Å². The lowest BCUT2D eigenvalue weighted by molar-refractivity contribution is 0.131. The van der Waals surface area contributed by atoms with Crippen LogP contribution < -0.4 is 0 Å². The molecule has 0 atom stereocenters. The Labute approximate surface area is 132 Å². The standard InChI is InChI=1S/C20H21NO/c1-2-3-4-11-16-20(19-14-9-6-10-15-19)21-22-17-18-12-7-5-8-13-18/h5-10,12-15H,2-4,17H2,1H3/b21-20+. The first-order valence-corrected chi connectivity index (χ1v) is 7.68. The molecule has 2 aromatic carbocycles. The molecule has 0 fully saturated rings. The van der Waals surface area contributed by atoms with Crippen LogP contribution in [0.4, 0.5) is 0 Å². The van der Waals surface area contributed by atoms with Gasteiger partial charge in [-0.3, -0.25) is 0 Å². The van der Waals surface area contributed by atoms with E-state index < -0.39 is 0 Å². The van der Waals surface area contributed by atoms with Crippen LogP contribution in [0.5, 0.6) is 0 Å². The van der Waals surface area contributed by atoms with E-state index in [-0.39, 0.29) is 0 Å². The van der Waals surface area contributed by atoms with Gasteiger partial charge in [0.05, 0.1) is 0 Å². The van der Waals surface area contributed by atoms with Gasteiger partial charge in [0.2, 0.25) is 0 Å². The van der Waals surface area contributed by atoms with Gasteiger partial charge in [0.15, 0.2) is 5.71 Å². The van der Waals surface area contributed by atoms with Crippen LogP contribution in [0.25, 0.3) is 0 Å². The lowest BCUT2D eigenvalue weighted by atomic mass is 10.1. The van der Waals surface area contributed by atoms with Gasteiger partial charge < -0.3 is 4.84 Å². The number of hydrogen-bond donors (Lipinski definition) is 0. The van der Waals surface area contributed by atoms with Crippen LogP contribution in [-0.4, -0.2) is 5.71 Å². The van der Waals surface area contributed by atoms with Crippen LogP contribution in [0.1, 0.15) is 37.3 Å². The first-order valence-electron chi connectivity index (χ1n) is 7.68. The third-order valence-electron chi connectivity index (χ3n) is 3.14. The molecule has 0 heterocycles. The Hall–Kier alpha value is -2.53. The van der Waals surface area contributed by atoms with Crippen molar-refractivity contribution in [3.63, 3.8) is 0 Å². The lowest BCUT2D eigenvalue weighted by Crippen LogP contribution is -1.99. The molecule has 0 spiro atoms. The Morgan fingerprint density at radius 2 is 1.68 bits per heavy atom. The molecule has 0 aliphatic rings.